The summed E-state index contributed by atoms with van der Waals surface area (Å²) in [5.74, 6) is -0.0683. The number of nitrogens with zero attached hydrogens (tertiary/aromatic N) is 1. The molecule has 0 saturated carbocycles. The molecular formula is C25H27N3O2. The predicted octanol–water partition coefficient (Wildman–Crippen LogP) is 4.63. The Morgan fingerprint density at radius 2 is 1.43 bits per heavy atom. The van der Waals surface area contributed by atoms with Gasteiger partial charge < -0.3 is 20.3 Å². The number of carbonyl (C=O) groups is 1. The van der Waals surface area contributed by atoms with Crippen molar-refractivity contribution in [3.8, 4) is 11.1 Å². The molecule has 3 aromatic carbocycles. The van der Waals surface area contributed by atoms with E-state index in [1.54, 1.807) is 0 Å². The highest BCUT2D eigenvalue weighted by Gasteiger charge is 2.14. The number of carbonyl (C=O) groups excluding carboxylic acids is 1. The first kappa shape index (κ1) is 20.0. The maximum Gasteiger partial charge on any atom is 0.246 e. The van der Waals surface area contributed by atoms with Crippen LogP contribution in [0, 0.1) is 0 Å². The van der Waals surface area contributed by atoms with E-state index in [1.807, 2.05) is 61.5 Å². The van der Waals surface area contributed by atoms with Crippen molar-refractivity contribution in [2.45, 2.75) is 13.0 Å². The second-order valence-corrected chi connectivity index (χ2v) is 7.44. The fraction of sp³-hybridized carbons (Fsp3) is 0.240. The normalized spacial score (nSPS) is 14.8. The average molecular weight is 402 g/mol. The maximum atomic E-state index is 12.6. The van der Waals surface area contributed by atoms with Crippen molar-refractivity contribution in [1.82, 2.24) is 0 Å². The van der Waals surface area contributed by atoms with Gasteiger partial charge in [0, 0.05) is 30.2 Å². The molecule has 0 spiro atoms. The molecule has 5 heteroatoms. The predicted molar refractivity (Wildman–Crippen MR) is 123 cm³/mol. The third-order valence-electron chi connectivity index (χ3n) is 5.28. The molecule has 1 saturated heterocycles. The fourth-order valence-electron chi connectivity index (χ4n) is 3.53. The lowest BCUT2D eigenvalue weighted by molar-refractivity contribution is -0.116. The number of benzene rings is 3. The SMILES string of the molecule is C[C@H](Nc1ccc(-c2ccccc2)cc1)C(=O)Nc1ccc(N2CCOCC2)cc1. The standard InChI is InChI=1S/C25H27N3O2/c1-19(26-22-9-7-21(8-10-22)20-5-3-2-4-6-20)25(29)27-23-11-13-24(14-12-23)28-15-17-30-18-16-28/h2-14,19,26H,15-18H2,1H3,(H,27,29)/t19-/m0/s1. The van der Waals surface area contributed by atoms with E-state index in [0.717, 1.165) is 48.9 Å². The van der Waals surface area contributed by atoms with E-state index in [0.29, 0.717) is 0 Å². The Hall–Kier alpha value is -3.31. The molecular weight excluding hydrogens is 374 g/mol. The third-order valence-corrected chi connectivity index (χ3v) is 5.28. The lowest BCUT2D eigenvalue weighted by atomic mass is 10.1. The van der Waals surface area contributed by atoms with Crippen LogP contribution in [0.2, 0.25) is 0 Å². The third kappa shape index (κ3) is 4.99. The number of anilines is 3. The van der Waals surface area contributed by atoms with Crippen LogP contribution in [-0.4, -0.2) is 38.3 Å². The zero-order chi connectivity index (χ0) is 20.8. The summed E-state index contributed by atoms with van der Waals surface area (Å²) >= 11 is 0. The Labute approximate surface area is 177 Å². The van der Waals surface area contributed by atoms with Gasteiger partial charge in [0.15, 0.2) is 0 Å². The molecule has 0 unspecified atom stereocenters. The molecule has 4 rings (SSSR count). The first-order chi connectivity index (χ1) is 14.7. The molecule has 0 bridgehead atoms. The Bertz CT molecular complexity index is 950. The lowest BCUT2D eigenvalue weighted by Gasteiger charge is -2.29. The van der Waals surface area contributed by atoms with Crippen molar-refractivity contribution >= 4 is 23.0 Å². The van der Waals surface area contributed by atoms with E-state index >= 15 is 0 Å². The van der Waals surface area contributed by atoms with Crippen LogP contribution >= 0.6 is 0 Å². The fourth-order valence-corrected chi connectivity index (χ4v) is 3.53. The number of amides is 1. The molecule has 3 aromatic rings. The minimum atomic E-state index is -0.355. The van der Waals surface area contributed by atoms with Crippen LogP contribution in [0.3, 0.4) is 0 Å². The van der Waals surface area contributed by atoms with Gasteiger partial charge in [-0.2, -0.15) is 0 Å². The van der Waals surface area contributed by atoms with E-state index < -0.39 is 0 Å². The van der Waals surface area contributed by atoms with Gasteiger partial charge in [-0.05, 0) is 54.4 Å². The summed E-state index contributed by atoms with van der Waals surface area (Å²) in [6.07, 6.45) is 0. The van der Waals surface area contributed by atoms with Crippen molar-refractivity contribution in [3.05, 3.63) is 78.9 Å². The zero-order valence-corrected chi connectivity index (χ0v) is 17.2. The van der Waals surface area contributed by atoms with Crippen molar-refractivity contribution in [2.75, 3.05) is 41.8 Å². The van der Waals surface area contributed by atoms with Crippen LogP contribution in [0.1, 0.15) is 6.92 Å². The van der Waals surface area contributed by atoms with Gasteiger partial charge in [0.05, 0.1) is 13.2 Å². The molecule has 1 aliphatic heterocycles. The van der Waals surface area contributed by atoms with Gasteiger partial charge in [-0.15, -0.1) is 0 Å². The Morgan fingerprint density at radius 1 is 0.833 bits per heavy atom. The minimum Gasteiger partial charge on any atom is -0.378 e. The van der Waals surface area contributed by atoms with Crippen molar-refractivity contribution < 1.29 is 9.53 Å². The Morgan fingerprint density at radius 3 is 2.10 bits per heavy atom. The first-order valence-corrected chi connectivity index (χ1v) is 10.3. The molecule has 30 heavy (non-hydrogen) atoms. The molecule has 0 aliphatic carbocycles. The largest absolute Gasteiger partial charge is 0.378 e. The van der Waals surface area contributed by atoms with Crippen LogP contribution in [0.25, 0.3) is 11.1 Å². The highest BCUT2D eigenvalue weighted by atomic mass is 16.5. The number of morpholine rings is 1. The van der Waals surface area contributed by atoms with Crippen LogP contribution < -0.4 is 15.5 Å². The number of ether oxygens (including phenoxy) is 1. The van der Waals surface area contributed by atoms with E-state index in [9.17, 15) is 4.79 Å². The summed E-state index contributed by atoms with van der Waals surface area (Å²) in [5.41, 5.74) is 5.19. The van der Waals surface area contributed by atoms with Crippen LogP contribution in [0.4, 0.5) is 17.1 Å². The quantitative estimate of drug-likeness (QED) is 0.632. The molecule has 0 aromatic heterocycles. The second kappa shape index (κ2) is 9.46. The monoisotopic (exact) mass is 401 g/mol. The van der Waals surface area contributed by atoms with Crippen molar-refractivity contribution in [2.24, 2.45) is 0 Å². The summed E-state index contributed by atoms with van der Waals surface area (Å²) in [6, 6.07) is 26.0. The van der Waals surface area contributed by atoms with E-state index in [1.165, 1.54) is 5.56 Å². The number of hydrogen-bond donors (Lipinski definition) is 2. The Balaban J connectivity index is 1.32. The summed E-state index contributed by atoms with van der Waals surface area (Å²) in [7, 11) is 0. The average Bonchev–Trinajstić information content (AvgIpc) is 2.81. The summed E-state index contributed by atoms with van der Waals surface area (Å²) < 4.78 is 5.40. The Kier molecular flexibility index (Phi) is 6.30. The minimum absolute atomic E-state index is 0.0683. The van der Waals surface area contributed by atoms with Gasteiger partial charge in [0.25, 0.3) is 0 Å². The molecule has 1 heterocycles. The summed E-state index contributed by atoms with van der Waals surface area (Å²) in [6.45, 7) is 5.18. The van der Waals surface area contributed by atoms with Gasteiger partial charge >= 0.3 is 0 Å². The molecule has 5 nitrogen and oxygen atoms in total. The molecule has 154 valence electrons. The number of rotatable bonds is 6. The topological polar surface area (TPSA) is 53.6 Å². The van der Waals surface area contributed by atoms with Gasteiger partial charge in [0.1, 0.15) is 6.04 Å². The molecule has 1 fully saturated rings. The highest BCUT2D eigenvalue weighted by Crippen LogP contribution is 2.22. The molecule has 2 N–H and O–H groups in total. The first-order valence-electron chi connectivity index (χ1n) is 10.3. The van der Waals surface area contributed by atoms with Crippen LogP contribution in [0.15, 0.2) is 78.9 Å². The van der Waals surface area contributed by atoms with Gasteiger partial charge in [-0.25, -0.2) is 0 Å². The second-order valence-electron chi connectivity index (χ2n) is 7.44. The van der Waals surface area contributed by atoms with Gasteiger partial charge in [-0.1, -0.05) is 42.5 Å². The molecule has 1 aliphatic rings. The van der Waals surface area contributed by atoms with Gasteiger partial charge in [-0.3, -0.25) is 4.79 Å². The van der Waals surface area contributed by atoms with E-state index in [-0.39, 0.29) is 11.9 Å². The van der Waals surface area contributed by atoms with E-state index in [4.69, 9.17) is 4.74 Å². The number of hydrogen-bond acceptors (Lipinski definition) is 4. The van der Waals surface area contributed by atoms with Crippen LogP contribution in [-0.2, 0) is 9.53 Å². The van der Waals surface area contributed by atoms with Crippen LogP contribution in [0.5, 0.6) is 0 Å². The highest BCUT2D eigenvalue weighted by molar-refractivity contribution is 5.96. The smallest absolute Gasteiger partial charge is 0.246 e. The molecule has 1 atom stereocenters. The maximum absolute atomic E-state index is 12.6. The van der Waals surface area contributed by atoms with Gasteiger partial charge in [0.2, 0.25) is 5.91 Å². The number of nitrogens with one attached hydrogen (secondary N) is 2. The van der Waals surface area contributed by atoms with Crippen molar-refractivity contribution in [1.29, 1.82) is 0 Å². The lowest BCUT2D eigenvalue weighted by Crippen LogP contribution is -2.36. The van der Waals surface area contributed by atoms with Crippen molar-refractivity contribution in [3.63, 3.8) is 0 Å². The molecule has 1 amide bonds. The summed E-state index contributed by atoms with van der Waals surface area (Å²) in [5, 5.41) is 6.25. The molecule has 0 radical (unpaired) electrons. The van der Waals surface area contributed by atoms with E-state index in [2.05, 4.69) is 39.8 Å². The zero-order valence-electron chi connectivity index (χ0n) is 17.2. The summed E-state index contributed by atoms with van der Waals surface area (Å²) in [4.78, 5) is 14.9.